The van der Waals surface area contributed by atoms with Gasteiger partial charge in [0.1, 0.15) is 0 Å². The van der Waals surface area contributed by atoms with Crippen LogP contribution in [0.25, 0.3) is 10.2 Å². The topological polar surface area (TPSA) is 25.2 Å². The molecule has 0 spiro atoms. The second kappa shape index (κ2) is 7.46. The number of para-hydroxylation sites is 1. The second-order valence-electron chi connectivity index (χ2n) is 7.52. The van der Waals surface area contributed by atoms with E-state index in [1.54, 1.807) is 5.57 Å². The Morgan fingerprint density at radius 2 is 1.92 bits per heavy atom. The third-order valence-corrected chi connectivity index (χ3v) is 6.82. The van der Waals surface area contributed by atoms with E-state index in [1.165, 1.54) is 49.9 Å². The van der Waals surface area contributed by atoms with Crippen molar-refractivity contribution in [1.29, 1.82) is 0 Å². The van der Waals surface area contributed by atoms with Gasteiger partial charge >= 0.3 is 4.87 Å². The molecule has 0 aliphatic carbocycles. The number of benzene rings is 1. The molecule has 0 amide bonds. The molecule has 2 atom stereocenters. The van der Waals surface area contributed by atoms with Crippen LogP contribution >= 0.6 is 11.3 Å². The fourth-order valence-electron chi connectivity index (χ4n) is 4.66. The average molecular weight is 357 g/mol. The molecule has 2 saturated heterocycles. The van der Waals surface area contributed by atoms with Gasteiger partial charge in [0.2, 0.25) is 0 Å². The summed E-state index contributed by atoms with van der Waals surface area (Å²) in [6, 6.07) is 9.66. The smallest absolute Gasteiger partial charge is 0.299 e. The summed E-state index contributed by atoms with van der Waals surface area (Å²) in [5.41, 5.74) is 2.80. The van der Waals surface area contributed by atoms with E-state index in [2.05, 4.69) is 24.0 Å². The molecule has 1 aromatic heterocycles. The lowest BCUT2D eigenvalue weighted by Crippen LogP contribution is -2.41. The van der Waals surface area contributed by atoms with Crippen LogP contribution in [0.15, 0.2) is 40.7 Å². The predicted molar refractivity (Wildman–Crippen MR) is 106 cm³/mol. The summed E-state index contributed by atoms with van der Waals surface area (Å²) in [6.45, 7) is 4.24. The van der Waals surface area contributed by atoms with Gasteiger partial charge in [0, 0.05) is 25.2 Å². The Bertz CT molecular complexity index is 803. The number of thiazole rings is 1. The molecule has 0 saturated carbocycles. The van der Waals surface area contributed by atoms with E-state index in [0.29, 0.717) is 0 Å². The highest BCUT2D eigenvalue weighted by atomic mass is 32.1. The normalized spacial score (nSPS) is 23.5. The molecular formula is C21H28N2OS. The first-order valence-corrected chi connectivity index (χ1v) is 10.6. The first-order valence-electron chi connectivity index (χ1n) is 9.78. The van der Waals surface area contributed by atoms with Crippen LogP contribution in [0.1, 0.15) is 51.9 Å². The van der Waals surface area contributed by atoms with Gasteiger partial charge in [0.15, 0.2) is 0 Å². The minimum atomic E-state index is 0.188. The van der Waals surface area contributed by atoms with Crippen molar-refractivity contribution in [3.8, 4) is 0 Å². The molecule has 3 nitrogen and oxygen atoms in total. The van der Waals surface area contributed by atoms with Crippen LogP contribution in [0.4, 0.5) is 0 Å². The second-order valence-corrected chi connectivity index (χ2v) is 8.52. The highest BCUT2D eigenvalue weighted by Crippen LogP contribution is 2.38. The quantitative estimate of drug-likeness (QED) is 0.694. The minimum Gasteiger partial charge on any atom is -0.299 e. The van der Waals surface area contributed by atoms with Crippen molar-refractivity contribution in [3.05, 3.63) is 45.6 Å². The summed E-state index contributed by atoms with van der Waals surface area (Å²) >= 11 is 1.37. The maximum atomic E-state index is 12.3. The molecular weight excluding hydrogens is 328 g/mol. The van der Waals surface area contributed by atoms with Crippen molar-refractivity contribution in [1.82, 2.24) is 9.47 Å². The summed E-state index contributed by atoms with van der Waals surface area (Å²) < 4.78 is 3.08. The number of aromatic nitrogens is 1. The Morgan fingerprint density at radius 1 is 1.16 bits per heavy atom. The molecule has 1 aromatic carbocycles. The lowest BCUT2D eigenvalue weighted by atomic mass is 9.95. The van der Waals surface area contributed by atoms with Crippen molar-refractivity contribution in [3.63, 3.8) is 0 Å². The van der Waals surface area contributed by atoms with Gasteiger partial charge in [-0.15, -0.1) is 0 Å². The van der Waals surface area contributed by atoms with Crippen LogP contribution in [0.5, 0.6) is 0 Å². The molecule has 2 aromatic rings. The molecule has 2 fully saturated rings. The molecule has 25 heavy (non-hydrogen) atoms. The van der Waals surface area contributed by atoms with Crippen LogP contribution in [0.3, 0.4) is 0 Å². The number of fused-ring (bicyclic) bond motifs is 3. The number of nitrogens with zero attached hydrogens (tertiary/aromatic N) is 2. The van der Waals surface area contributed by atoms with Crippen LogP contribution < -0.4 is 4.87 Å². The third kappa shape index (κ3) is 3.47. The zero-order valence-corrected chi connectivity index (χ0v) is 15.9. The number of allylic oxidation sites excluding steroid dienone is 1. The number of hydrogen-bond acceptors (Lipinski definition) is 3. The molecule has 4 rings (SSSR count). The summed E-state index contributed by atoms with van der Waals surface area (Å²) in [7, 11) is 0. The Hall–Kier alpha value is -1.39. The molecule has 0 radical (unpaired) electrons. The molecule has 2 aliphatic rings. The van der Waals surface area contributed by atoms with Crippen LogP contribution in [0, 0.1) is 0 Å². The maximum absolute atomic E-state index is 12.3. The number of aryl methyl sites for hydroxylation is 1. The molecule has 134 valence electrons. The molecule has 2 bridgehead atoms. The average Bonchev–Trinajstić information content (AvgIpc) is 3.05. The summed E-state index contributed by atoms with van der Waals surface area (Å²) in [5, 5.41) is 0. The van der Waals surface area contributed by atoms with Crippen molar-refractivity contribution in [2.45, 2.75) is 70.5 Å². The molecule has 2 aliphatic heterocycles. The zero-order chi connectivity index (χ0) is 17.2. The van der Waals surface area contributed by atoms with Crippen molar-refractivity contribution >= 4 is 21.6 Å². The molecule has 0 N–H and O–H groups in total. The first kappa shape index (κ1) is 17.0. The van der Waals surface area contributed by atoms with Crippen molar-refractivity contribution in [2.75, 3.05) is 6.54 Å². The third-order valence-electron chi connectivity index (χ3n) is 5.86. The number of hydrogen-bond donors (Lipinski definition) is 0. The summed E-state index contributed by atoms with van der Waals surface area (Å²) in [5.74, 6) is 0. The summed E-state index contributed by atoms with van der Waals surface area (Å²) in [6.07, 6.45) is 11.3. The number of unbranched alkanes of at least 4 members (excludes halogenated alkanes) is 1. The van der Waals surface area contributed by atoms with Gasteiger partial charge < -0.3 is 0 Å². The predicted octanol–water partition coefficient (Wildman–Crippen LogP) is 4.81. The van der Waals surface area contributed by atoms with Crippen LogP contribution in [0.2, 0.25) is 0 Å². The van der Waals surface area contributed by atoms with Gasteiger partial charge in [0.25, 0.3) is 0 Å². The van der Waals surface area contributed by atoms with Crippen molar-refractivity contribution < 1.29 is 0 Å². The van der Waals surface area contributed by atoms with E-state index < -0.39 is 0 Å². The highest BCUT2D eigenvalue weighted by molar-refractivity contribution is 7.16. The fourth-order valence-corrected chi connectivity index (χ4v) is 5.58. The van der Waals surface area contributed by atoms with Crippen LogP contribution in [-0.4, -0.2) is 28.1 Å². The standard InChI is InChI=1S/C21H28N2OS/c1-2-3-7-16-14-17-10-11-18(15-16)22(17)12-6-13-23-19-8-4-5-9-20(19)25-21(23)24/h4-5,7-9,17-18H,2-3,6,10-15H2,1H3. The zero-order valence-electron chi connectivity index (χ0n) is 15.1. The van der Waals surface area contributed by atoms with E-state index in [-0.39, 0.29) is 4.87 Å². The highest BCUT2D eigenvalue weighted by Gasteiger charge is 2.37. The van der Waals surface area contributed by atoms with Crippen molar-refractivity contribution in [2.24, 2.45) is 0 Å². The maximum Gasteiger partial charge on any atom is 0.308 e. The SMILES string of the molecule is CCCC=C1CC2CCC(C1)N2CCCn1c(=O)sc2ccccc21. The van der Waals surface area contributed by atoms with Gasteiger partial charge in [-0.05, 0) is 50.7 Å². The Balaban J connectivity index is 1.38. The summed E-state index contributed by atoms with van der Waals surface area (Å²) in [4.78, 5) is 15.2. The van der Waals surface area contributed by atoms with Gasteiger partial charge in [-0.2, -0.15) is 0 Å². The number of rotatable bonds is 6. The first-order chi connectivity index (χ1) is 12.3. The van der Waals surface area contributed by atoms with Gasteiger partial charge in [-0.3, -0.25) is 14.3 Å². The Kier molecular flexibility index (Phi) is 5.09. The van der Waals surface area contributed by atoms with E-state index in [1.807, 2.05) is 22.8 Å². The number of piperidine rings is 1. The lowest BCUT2D eigenvalue weighted by molar-refractivity contribution is 0.161. The van der Waals surface area contributed by atoms with E-state index in [4.69, 9.17) is 0 Å². The minimum absolute atomic E-state index is 0.188. The Morgan fingerprint density at radius 3 is 2.68 bits per heavy atom. The monoisotopic (exact) mass is 356 g/mol. The molecule has 4 heteroatoms. The largest absolute Gasteiger partial charge is 0.308 e. The van der Waals surface area contributed by atoms with Gasteiger partial charge in [-0.25, -0.2) is 0 Å². The van der Waals surface area contributed by atoms with Gasteiger partial charge in [-0.1, -0.05) is 48.5 Å². The van der Waals surface area contributed by atoms with E-state index in [9.17, 15) is 4.79 Å². The van der Waals surface area contributed by atoms with E-state index in [0.717, 1.165) is 41.8 Å². The Labute approximate surface area is 154 Å². The van der Waals surface area contributed by atoms with E-state index >= 15 is 0 Å². The molecule has 3 heterocycles. The van der Waals surface area contributed by atoms with Crippen LogP contribution in [-0.2, 0) is 6.54 Å². The molecule has 2 unspecified atom stereocenters. The van der Waals surface area contributed by atoms with Gasteiger partial charge in [0.05, 0.1) is 10.2 Å². The fraction of sp³-hybridized carbons (Fsp3) is 0.571. The lowest BCUT2D eigenvalue weighted by Gasteiger charge is -2.36.